The van der Waals surface area contributed by atoms with Crippen molar-refractivity contribution in [2.45, 2.75) is 12.8 Å². The maximum Gasteiger partial charge on any atom is 0.416 e. The summed E-state index contributed by atoms with van der Waals surface area (Å²) >= 11 is 2.24. The van der Waals surface area contributed by atoms with Crippen molar-refractivity contribution in [3.8, 4) is 5.75 Å². The number of alkyl halides is 3. The summed E-state index contributed by atoms with van der Waals surface area (Å²) in [6.45, 7) is 0.442. The number of carbonyl (C=O) groups excluding carboxylic acids is 1. The summed E-state index contributed by atoms with van der Waals surface area (Å²) in [6, 6.07) is 19.2. The average Bonchev–Trinajstić information content (AvgIpc) is 2.74. The number of hydrogen-bond donors (Lipinski definition) is 1. The van der Waals surface area contributed by atoms with E-state index in [1.807, 2.05) is 24.3 Å². The van der Waals surface area contributed by atoms with E-state index < -0.39 is 17.6 Å². The summed E-state index contributed by atoms with van der Waals surface area (Å²) in [7, 11) is 0. The van der Waals surface area contributed by atoms with Gasteiger partial charge >= 0.3 is 6.18 Å². The molecule has 0 radical (unpaired) electrons. The molecule has 0 atom stereocenters. The number of hydrogen-bond acceptors (Lipinski definition) is 3. The predicted octanol–water partition coefficient (Wildman–Crippen LogP) is 5.65. The van der Waals surface area contributed by atoms with Crippen molar-refractivity contribution in [3.63, 3.8) is 0 Å². The standard InChI is InChI=1S/C22H16F3IN2O2/c23-22(24,25)18-3-1-2-17(12-18)21(29)28-27-13-15-6-10-20(11-7-15)30-14-16-4-8-19(26)9-5-16/h1-13H,14H2,(H,28,29)/b27-13-. The van der Waals surface area contributed by atoms with E-state index in [4.69, 9.17) is 4.74 Å². The number of halogens is 4. The van der Waals surface area contributed by atoms with Crippen LogP contribution in [0.3, 0.4) is 0 Å². The van der Waals surface area contributed by atoms with Gasteiger partial charge in [0, 0.05) is 9.13 Å². The Hall–Kier alpha value is -2.88. The molecular formula is C22H16F3IN2O2. The van der Waals surface area contributed by atoms with Crippen LogP contribution in [-0.4, -0.2) is 12.1 Å². The molecule has 0 aliphatic carbocycles. The van der Waals surface area contributed by atoms with Crippen LogP contribution in [0.2, 0.25) is 0 Å². The van der Waals surface area contributed by atoms with Gasteiger partial charge in [0.05, 0.1) is 11.8 Å². The predicted molar refractivity (Wildman–Crippen MR) is 116 cm³/mol. The minimum absolute atomic E-state index is 0.124. The number of rotatable bonds is 6. The molecular weight excluding hydrogens is 508 g/mol. The lowest BCUT2D eigenvalue weighted by Gasteiger charge is -2.08. The molecule has 0 saturated carbocycles. The van der Waals surface area contributed by atoms with E-state index in [-0.39, 0.29) is 5.56 Å². The first-order valence-corrected chi connectivity index (χ1v) is 9.87. The zero-order valence-electron chi connectivity index (χ0n) is 15.5. The first-order valence-electron chi connectivity index (χ1n) is 8.79. The van der Waals surface area contributed by atoms with Crippen molar-refractivity contribution < 1.29 is 22.7 Å². The zero-order valence-corrected chi connectivity index (χ0v) is 17.6. The monoisotopic (exact) mass is 524 g/mol. The first kappa shape index (κ1) is 21.8. The highest BCUT2D eigenvalue weighted by Crippen LogP contribution is 2.29. The van der Waals surface area contributed by atoms with Crippen LogP contribution in [0.1, 0.15) is 27.0 Å². The summed E-state index contributed by atoms with van der Waals surface area (Å²) in [5.41, 5.74) is 2.96. The Morgan fingerprint density at radius 2 is 1.73 bits per heavy atom. The van der Waals surface area contributed by atoms with E-state index in [9.17, 15) is 18.0 Å². The number of hydrazone groups is 1. The molecule has 4 nitrogen and oxygen atoms in total. The summed E-state index contributed by atoms with van der Waals surface area (Å²) in [5, 5.41) is 3.79. The minimum Gasteiger partial charge on any atom is -0.489 e. The van der Waals surface area contributed by atoms with E-state index in [0.29, 0.717) is 17.9 Å². The van der Waals surface area contributed by atoms with Crippen LogP contribution in [0.15, 0.2) is 77.9 Å². The van der Waals surface area contributed by atoms with Gasteiger partial charge in [-0.25, -0.2) is 5.43 Å². The first-order chi connectivity index (χ1) is 14.3. The normalized spacial score (nSPS) is 11.5. The molecule has 0 heterocycles. The fourth-order valence-electron chi connectivity index (χ4n) is 2.46. The van der Waals surface area contributed by atoms with Crippen LogP contribution >= 0.6 is 22.6 Å². The highest BCUT2D eigenvalue weighted by molar-refractivity contribution is 14.1. The van der Waals surface area contributed by atoms with Gasteiger partial charge in [-0.3, -0.25) is 4.79 Å². The van der Waals surface area contributed by atoms with Crippen LogP contribution in [0, 0.1) is 3.57 Å². The molecule has 0 unspecified atom stereocenters. The Morgan fingerprint density at radius 3 is 2.40 bits per heavy atom. The van der Waals surface area contributed by atoms with Gasteiger partial charge in [0.1, 0.15) is 12.4 Å². The SMILES string of the molecule is O=C(N/N=C\c1ccc(OCc2ccc(I)cc2)cc1)c1cccc(C(F)(F)F)c1. The Kier molecular flexibility index (Phi) is 7.09. The van der Waals surface area contributed by atoms with Gasteiger partial charge in [-0.1, -0.05) is 18.2 Å². The lowest BCUT2D eigenvalue weighted by atomic mass is 10.1. The summed E-state index contributed by atoms with van der Waals surface area (Å²) < 4.78 is 45.1. The largest absolute Gasteiger partial charge is 0.489 e. The third-order valence-electron chi connectivity index (χ3n) is 4.03. The maximum absolute atomic E-state index is 12.7. The summed E-state index contributed by atoms with van der Waals surface area (Å²) in [6.07, 6.45) is -3.11. The van der Waals surface area contributed by atoms with Crippen molar-refractivity contribution in [2.24, 2.45) is 5.10 Å². The summed E-state index contributed by atoms with van der Waals surface area (Å²) in [4.78, 5) is 12.0. The molecule has 3 aromatic carbocycles. The quantitative estimate of drug-likeness (QED) is 0.258. The van der Waals surface area contributed by atoms with Gasteiger partial charge < -0.3 is 4.74 Å². The highest BCUT2D eigenvalue weighted by atomic mass is 127. The van der Waals surface area contributed by atoms with Crippen molar-refractivity contribution in [2.75, 3.05) is 0 Å². The lowest BCUT2D eigenvalue weighted by Crippen LogP contribution is -2.18. The average molecular weight is 524 g/mol. The van der Waals surface area contributed by atoms with Crippen molar-refractivity contribution >= 4 is 34.7 Å². The second-order valence-corrected chi connectivity index (χ2v) is 7.51. The smallest absolute Gasteiger partial charge is 0.416 e. The second-order valence-electron chi connectivity index (χ2n) is 6.26. The number of benzene rings is 3. The van der Waals surface area contributed by atoms with Crippen LogP contribution in [0.5, 0.6) is 5.75 Å². The van der Waals surface area contributed by atoms with Crippen LogP contribution in [0.4, 0.5) is 13.2 Å². The van der Waals surface area contributed by atoms with Gasteiger partial charge in [0.25, 0.3) is 5.91 Å². The maximum atomic E-state index is 12.7. The van der Waals surface area contributed by atoms with Gasteiger partial charge in [-0.05, 0) is 88.3 Å². The molecule has 0 fully saturated rings. The van der Waals surface area contributed by atoms with Gasteiger partial charge in [0.2, 0.25) is 0 Å². The molecule has 8 heteroatoms. The number of amides is 1. The Bertz CT molecular complexity index is 1030. The fourth-order valence-corrected chi connectivity index (χ4v) is 2.82. The van der Waals surface area contributed by atoms with Gasteiger partial charge in [0.15, 0.2) is 0 Å². The molecule has 1 N–H and O–H groups in total. The Balaban J connectivity index is 1.54. The van der Waals surface area contributed by atoms with Crippen molar-refractivity contribution in [1.29, 1.82) is 0 Å². The molecule has 1 amide bonds. The third kappa shape index (κ3) is 6.31. The molecule has 3 rings (SSSR count). The molecule has 0 aliphatic heterocycles. The molecule has 0 aromatic heterocycles. The van der Waals surface area contributed by atoms with E-state index in [0.717, 1.165) is 21.3 Å². The molecule has 0 spiro atoms. The lowest BCUT2D eigenvalue weighted by molar-refractivity contribution is -0.137. The van der Waals surface area contributed by atoms with E-state index >= 15 is 0 Å². The number of carbonyl (C=O) groups is 1. The van der Waals surface area contributed by atoms with E-state index in [1.54, 1.807) is 24.3 Å². The van der Waals surface area contributed by atoms with Crippen molar-refractivity contribution in [3.05, 3.63) is 98.6 Å². The second kappa shape index (κ2) is 9.75. The molecule has 0 aliphatic rings. The van der Waals surface area contributed by atoms with Gasteiger partial charge in [-0.15, -0.1) is 0 Å². The topological polar surface area (TPSA) is 50.7 Å². The Labute approximate surface area is 184 Å². The minimum atomic E-state index is -4.51. The van der Waals surface area contributed by atoms with Crippen molar-refractivity contribution in [1.82, 2.24) is 5.43 Å². The molecule has 0 bridgehead atoms. The summed E-state index contributed by atoms with van der Waals surface area (Å²) in [5.74, 6) is -0.0477. The molecule has 0 saturated heterocycles. The van der Waals surface area contributed by atoms with E-state index in [1.165, 1.54) is 18.3 Å². The number of nitrogens with one attached hydrogen (secondary N) is 1. The Morgan fingerprint density at radius 1 is 1.03 bits per heavy atom. The van der Waals surface area contributed by atoms with Gasteiger partial charge in [-0.2, -0.15) is 18.3 Å². The number of nitrogens with zero attached hydrogens (tertiary/aromatic N) is 1. The van der Waals surface area contributed by atoms with Crippen LogP contribution in [0.25, 0.3) is 0 Å². The molecule has 30 heavy (non-hydrogen) atoms. The zero-order chi connectivity index (χ0) is 21.6. The van der Waals surface area contributed by atoms with Crippen LogP contribution in [-0.2, 0) is 12.8 Å². The van der Waals surface area contributed by atoms with Crippen LogP contribution < -0.4 is 10.2 Å². The van der Waals surface area contributed by atoms with E-state index in [2.05, 4.69) is 33.1 Å². The fraction of sp³-hybridized carbons (Fsp3) is 0.0909. The molecule has 3 aromatic rings. The number of ether oxygens (including phenoxy) is 1. The highest BCUT2D eigenvalue weighted by Gasteiger charge is 2.30. The third-order valence-corrected chi connectivity index (χ3v) is 4.75. The molecule has 154 valence electrons.